The van der Waals surface area contributed by atoms with E-state index in [4.69, 9.17) is 9.84 Å². The number of rotatable bonds is 5. The number of carbonyl (C=O) groups excluding carboxylic acids is 1. The third kappa shape index (κ3) is 3.17. The maximum absolute atomic E-state index is 12.8. The Bertz CT molecular complexity index is 1200. The second kappa shape index (κ2) is 7.54. The molecule has 1 aliphatic rings. The van der Waals surface area contributed by atoms with E-state index in [1.165, 1.54) is 24.4 Å². The lowest BCUT2D eigenvalue weighted by molar-refractivity contribution is 0.143. The molecule has 11 heteroatoms. The van der Waals surface area contributed by atoms with Gasteiger partial charge in [0.15, 0.2) is 11.5 Å². The van der Waals surface area contributed by atoms with E-state index in [1.807, 2.05) is 6.07 Å². The number of ether oxygens (including phenoxy) is 2. The number of aromatic amines is 1. The highest BCUT2D eigenvalue weighted by molar-refractivity contribution is 6.12. The van der Waals surface area contributed by atoms with Crippen molar-refractivity contribution < 1.29 is 24.2 Å². The molecule has 0 fully saturated rings. The lowest BCUT2D eigenvalue weighted by Gasteiger charge is -2.30. The van der Waals surface area contributed by atoms with Crippen LogP contribution < -0.4 is 19.7 Å². The van der Waals surface area contributed by atoms with E-state index in [0.717, 1.165) is 11.6 Å². The molecule has 2 amide bonds. The van der Waals surface area contributed by atoms with Crippen molar-refractivity contribution in [2.24, 2.45) is 5.18 Å². The molecule has 11 nitrogen and oxygen atoms in total. The van der Waals surface area contributed by atoms with E-state index < -0.39 is 12.2 Å². The zero-order valence-corrected chi connectivity index (χ0v) is 15.6. The molecule has 0 unspecified atom stereocenters. The van der Waals surface area contributed by atoms with Gasteiger partial charge in [0, 0.05) is 18.2 Å². The van der Waals surface area contributed by atoms with Crippen LogP contribution in [0.15, 0.2) is 47.9 Å². The van der Waals surface area contributed by atoms with E-state index in [-0.39, 0.29) is 29.3 Å². The van der Waals surface area contributed by atoms with E-state index >= 15 is 0 Å². The number of carbonyl (C=O) groups is 2. The number of hydrogen-bond acceptors (Lipinski definition) is 7. The molecular weight excluding hydrogens is 394 g/mol. The Morgan fingerprint density at radius 2 is 2.13 bits per heavy atom. The number of hydrogen-bond donors (Lipinski definition) is 3. The number of fused-ring (bicyclic) bond motifs is 1. The minimum absolute atomic E-state index is 0.0598. The molecule has 0 spiro atoms. The van der Waals surface area contributed by atoms with Crippen molar-refractivity contribution in [3.63, 3.8) is 0 Å². The molecule has 3 aromatic rings. The zero-order valence-electron chi connectivity index (χ0n) is 15.6. The van der Waals surface area contributed by atoms with Crippen molar-refractivity contribution in [2.75, 3.05) is 18.6 Å². The average molecular weight is 409 g/mol. The molecule has 4 rings (SSSR count). The van der Waals surface area contributed by atoms with Crippen LogP contribution >= 0.6 is 0 Å². The molecule has 2 aromatic carbocycles. The van der Waals surface area contributed by atoms with Crippen LogP contribution in [0.4, 0.5) is 21.0 Å². The number of anilines is 1. The Hall–Kier alpha value is -4.41. The van der Waals surface area contributed by atoms with E-state index in [2.05, 4.69) is 25.2 Å². The number of aromatic nitrogens is 2. The summed E-state index contributed by atoms with van der Waals surface area (Å²) in [6.07, 6.45) is 1.65. The smallest absolute Gasteiger partial charge is 0.493 e. The highest BCUT2D eigenvalue weighted by atomic mass is 16.7. The van der Waals surface area contributed by atoms with E-state index in [9.17, 15) is 14.5 Å². The zero-order chi connectivity index (χ0) is 21.3. The Kier molecular flexibility index (Phi) is 4.76. The summed E-state index contributed by atoms with van der Waals surface area (Å²) >= 11 is 0. The minimum atomic E-state index is -1.57. The summed E-state index contributed by atoms with van der Waals surface area (Å²) in [6, 6.07) is 7.42. The lowest BCUT2D eigenvalue weighted by Crippen LogP contribution is -2.43. The number of para-hydroxylation sites is 1. The van der Waals surface area contributed by atoms with Crippen molar-refractivity contribution in [2.45, 2.75) is 0 Å². The number of carboxylic acid groups (broad SMARTS) is 1. The van der Waals surface area contributed by atoms with Crippen LogP contribution in [-0.4, -0.2) is 40.9 Å². The summed E-state index contributed by atoms with van der Waals surface area (Å²) in [4.78, 5) is 43.9. The summed E-state index contributed by atoms with van der Waals surface area (Å²) < 4.78 is 9.87. The number of nitrogens with zero attached hydrogens (tertiary/aromatic N) is 3. The maximum Gasteiger partial charge on any atom is 0.511 e. The number of imidazole rings is 1. The molecular formula is C19H15N5O6. The molecule has 2 heterocycles. The quantitative estimate of drug-likeness (QED) is 0.331. The molecule has 0 atom stereocenters. The summed E-state index contributed by atoms with van der Waals surface area (Å²) in [6.45, 7) is 0.217. The first-order valence-corrected chi connectivity index (χ1v) is 8.70. The second-order valence-electron chi connectivity index (χ2n) is 6.17. The van der Waals surface area contributed by atoms with Crippen molar-refractivity contribution in [3.05, 3.63) is 53.2 Å². The third-order valence-electron chi connectivity index (χ3n) is 4.52. The Labute approximate surface area is 168 Å². The Morgan fingerprint density at radius 3 is 2.87 bits per heavy atom. The molecule has 30 heavy (non-hydrogen) atoms. The van der Waals surface area contributed by atoms with Crippen LogP contribution in [0.2, 0.25) is 0 Å². The first-order chi connectivity index (χ1) is 14.5. The summed E-state index contributed by atoms with van der Waals surface area (Å²) in [5, 5.41) is 14.6. The van der Waals surface area contributed by atoms with Crippen molar-refractivity contribution in [1.82, 2.24) is 15.3 Å². The number of nitroso groups, excluding NO2 is 1. The molecule has 0 aliphatic carbocycles. The highest BCUT2D eigenvalue weighted by Crippen LogP contribution is 2.41. The predicted molar refractivity (Wildman–Crippen MR) is 107 cm³/mol. The highest BCUT2D eigenvalue weighted by Gasteiger charge is 2.29. The monoisotopic (exact) mass is 409 g/mol. The van der Waals surface area contributed by atoms with Gasteiger partial charge in [0.25, 0.3) is 0 Å². The van der Waals surface area contributed by atoms with Gasteiger partial charge in [0.05, 0.1) is 30.3 Å². The number of benzene rings is 2. The minimum Gasteiger partial charge on any atom is -0.493 e. The SMILES string of the molecule is COc1cc(C2=CCNC(=O)N2c2cccc3[nH]cnc23)c(N=O)cc1OC(=O)O. The van der Waals surface area contributed by atoms with Crippen LogP contribution in [0, 0.1) is 4.91 Å². The van der Waals surface area contributed by atoms with Gasteiger partial charge >= 0.3 is 12.2 Å². The van der Waals surface area contributed by atoms with Gasteiger partial charge in [0.2, 0.25) is 0 Å². The fourth-order valence-corrected chi connectivity index (χ4v) is 3.28. The van der Waals surface area contributed by atoms with Gasteiger partial charge in [-0.3, -0.25) is 4.90 Å². The fraction of sp³-hybridized carbons (Fsp3) is 0.105. The van der Waals surface area contributed by atoms with Gasteiger partial charge in [-0.25, -0.2) is 14.6 Å². The van der Waals surface area contributed by atoms with Gasteiger partial charge in [-0.15, -0.1) is 4.91 Å². The molecule has 1 aliphatic heterocycles. The van der Waals surface area contributed by atoms with Crippen molar-refractivity contribution >= 4 is 40.3 Å². The lowest BCUT2D eigenvalue weighted by atomic mass is 10.0. The molecule has 0 bridgehead atoms. The average Bonchev–Trinajstić information content (AvgIpc) is 3.22. The number of methoxy groups -OCH3 is 1. The van der Waals surface area contributed by atoms with Crippen LogP contribution in [0.25, 0.3) is 16.7 Å². The van der Waals surface area contributed by atoms with Crippen LogP contribution in [0.1, 0.15) is 5.56 Å². The molecule has 152 valence electrons. The number of nitrogens with one attached hydrogen (secondary N) is 2. The van der Waals surface area contributed by atoms with Crippen LogP contribution in [0.3, 0.4) is 0 Å². The first kappa shape index (κ1) is 18.9. The molecule has 0 radical (unpaired) electrons. The van der Waals surface area contributed by atoms with Crippen molar-refractivity contribution in [3.8, 4) is 11.5 Å². The second-order valence-corrected chi connectivity index (χ2v) is 6.17. The number of H-pyrrole nitrogens is 1. The van der Waals surface area contributed by atoms with Crippen LogP contribution in [-0.2, 0) is 0 Å². The normalized spacial score (nSPS) is 13.6. The van der Waals surface area contributed by atoms with E-state index in [0.29, 0.717) is 16.9 Å². The van der Waals surface area contributed by atoms with Gasteiger partial charge in [0.1, 0.15) is 11.2 Å². The largest absolute Gasteiger partial charge is 0.511 e. The summed E-state index contributed by atoms with van der Waals surface area (Å²) in [5.41, 5.74) is 2.28. The van der Waals surface area contributed by atoms with E-state index in [1.54, 1.807) is 18.2 Å². The van der Waals surface area contributed by atoms with Crippen LogP contribution in [0.5, 0.6) is 11.5 Å². The standard InChI is InChI=1S/C19H15N5O6/c1-29-15-7-10(12(23-28)8-16(15)30-19(26)27)13-5-6-20-18(25)24(13)14-4-2-3-11-17(14)22-9-21-11/h2-5,7-9H,6H2,1H3,(H,20,25)(H,21,22)(H,26,27). The molecule has 1 aromatic heterocycles. The van der Waals surface area contributed by atoms with Gasteiger partial charge in [-0.05, 0) is 29.5 Å². The number of urea groups is 1. The Balaban J connectivity index is 1.90. The summed E-state index contributed by atoms with van der Waals surface area (Å²) in [5.74, 6) is -0.130. The third-order valence-corrected chi connectivity index (χ3v) is 4.52. The Morgan fingerprint density at radius 1 is 1.30 bits per heavy atom. The first-order valence-electron chi connectivity index (χ1n) is 8.70. The molecule has 0 saturated carbocycles. The fourth-order valence-electron chi connectivity index (χ4n) is 3.28. The topological polar surface area (TPSA) is 146 Å². The van der Waals surface area contributed by atoms with Gasteiger partial charge < -0.3 is 24.9 Å². The van der Waals surface area contributed by atoms with Crippen molar-refractivity contribution in [1.29, 1.82) is 0 Å². The predicted octanol–water partition coefficient (Wildman–Crippen LogP) is 3.60. The molecule has 3 N–H and O–H groups in total. The maximum atomic E-state index is 12.8. The van der Waals surface area contributed by atoms with Gasteiger partial charge in [-0.1, -0.05) is 6.07 Å². The molecule has 0 saturated heterocycles. The van der Waals surface area contributed by atoms with Gasteiger partial charge in [-0.2, -0.15) is 0 Å². The summed E-state index contributed by atoms with van der Waals surface area (Å²) in [7, 11) is 1.33. The number of amides is 2.